The molecule has 0 aromatic heterocycles. The van der Waals surface area contributed by atoms with Gasteiger partial charge in [0.2, 0.25) is 0 Å². The van der Waals surface area contributed by atoms with E-state index in [0.717, 1.165) is 22.3 Å². The molecule has 0 radical (unpaired) electrons. The lowest BCUT2D eigenvalue weighted by Gasteiger charge is -2.11. The van der Waals surface area contributed by atoms with Crippen LogP contribution in [-0.4, -0.2) is 13.1 Å². The Balaban J connectivity index is 2.59. The summed E-state index contributed by atoms with van der Waals surface area (Å²) in [5.41, 5.74) is 5.50. The summed E-state index contributed by atoms with van der Waals surface area (Å²) in [5.74, 6) is -0.330. The highest BCUT2D eigenvalue weighted by molar-refractivity contribution is 5.98. The van der Waals surface area contributed by atoms with E-state index in [4.69, 9.17) is 4.74 Å². The monoisotopic (exact) mass is 266 g/mol. The number of carbonyl (C=O) groups is 1. The van der Waals surface area contributed by atoms with Crippen molar-refractivity contribution < 1.29 is 9.53 Å². The van der Waals surface area contributed by atoms with Gasteiger partial charge in [0.25, 0.3) is 0 Å². The van der Waals surface area contributed by atoms with Gasteiger partial charge in [-0.25, -0.2) is 4.79 Å². The van der Waals surface area contributed by atoms with E-state index in [-0.39, 0.29) is 5.97 Å². The summed E-state index contributed by atoms with van der Waals surface area (Å²) >= 11 is 0. The standard InChI is InChI=1S/C18H18O2/c1-12(2)15-9-10-16(17(11-15)18(19)20-4)14-7-5-13(3)6-8-14/h5-11H,1H2,2-4H3. The van der Waals surface area contributed by atoms with E-state index in [1.54, 1.807) is 0 Å². The summed E-state index contributed by atoms with van der Waals surface area (Å²) in [6, 6.07) is 13.8. The fourth-order valence-electron chi connectivity index (χ4n) is 2.07. The van der Waals surface area contributed by atoms with Gasteiger partial charge in [0, 0.05) is 0 Å². The van der Waals surface area contributed by atoms with E-state index in [2.05, 4.69) is 6.58 Å². The molecule has 0 heterocycles. The predicted molar refractivity (Wildman–Crippen MR) is 82.7 cm³/mol. The van der Waals surface area contributed by atoms with Crippen LogP contribution in [0.5, 0.6) is 0 Å². The Bertz CT molecular complexity index is 652. The normalized spacial score (nSPS) is 10.2. The van der Waals surface area contributed by atoms with Crippen molar-refractivity contribution in [3.8, 4) is 11.1 Å². The van der Waals surface area contributed by atoms with Crippen LogP contribution in [0.25, 0.3) is 16.7 Å². The molecule has 2 aromatic rings. The molecule has 102 valence electrons. The first-order chi connectivity index (χ1) is 9.52. The second-order valence-electron chi connectivity index (χ2n) is 4.90. The fourth-order valence-corrected chi connectivity index (χ4v) is 2.07. The second-order valence-corrected chi connectivity index (χ2v) is 4.90. The van der Waals surface area contributed by atoms with Gasteiger partial charge in [0.15, 0.2) is 0 Å². The summed E-state index contributed by atoms with van der Waals surface area (Å²) in [5, 5.41) is 0. The molecule has 20 heavy (non-hydrogen) atoms. The predicted octanol–water partition coefficient (Wildman–Crippen LogP) is 4.48. The van der Waals surface area contributed by atoms with Gasteiger partial charge in [-0.05, 0) is 36.6 Å². The SMILES string of the molecule is C=C(C)c1ccc(-c2ccc(C)cc2)c(C(=O)OC)c1. The molecule has 0 saturated carbocycles. The van der Waals surface area contributed by atoms with Crippen molar-refractivity contribution in [1.29, 1.82) is 0 Å². The van der Waals surface area contributed by atoms with Crippen molar-refractivity contribution >= 4 is 11.5 Å². The van der Waals surface area contributed by atoms with E-state index in [1.807, 2.05) is 56.3 Å². The number of rotatable bonds is 3. The molecule has 0 amide bonds. The highest BCUT2D eigenvalue weighted by atomic mass is 16.5. The van der Waals surface area contributed by atoms with Crippen LogP contribution in [0.15, 0.2) is 49.0 Å². The first kappa shape index (κ1) is 14.1. The summed E-state index contributed by atoms with van der Waals surface area (Å²) < 4.78 is 4.89. The van der Waals surface area contributed by atoms with Crippen molar-refractivity contribution in [2.45, 2.75) is 13.8 Å². The summed E-state index contributed by atoms with van der Waals surface area (Å²) in [7, 11) is 1.40. The average Bonchev–Trinajstić information content (AvgIpc) is 2.46. The third kappa shape index (κ3) is 2.80. The molecule has 0 unspecified atom stereocenters. The van der Waals surface area contributed by atoms with Crippen molar-refractivity contribution in [1.82, 2.24) is 0 Å². The van der Waals surface area contributed by atoms with Crippen molar-refractivity contribution in [3.05, 3.63) is 65.7 Å². The Kier molecular flexibility index (Phi) is 4.04. The zero-order chi connectivity index (χ0) is 14.7. The Morgan fingerprint density at radius 2 is 1.75 bits per heavy atom. The molecule has 2 nitrogen and oxygen atoms in total. The van der Waals surface area contributed by atoms with Gasteiger partial charge in [-0.15, -0.1) is 0 Å². The number of aryl methyl sites for hydroxylation is 1. The highest BCUT2D eigenvalue weighted by Crippen LogP contribution is 2.27. The molecule has 0 fully saturated rings. The van der Waals surface area contributed by atoms with Crippen LogP contribution in [0.1, 0.15) is 28.4 Å². The minimum Gasteiger partial charge on any atom is -0.465 e. The van der Waals surface area contributed by atoms with Gasteiger partial charge in [-0.3, -0.25) is 0 Å². The molecule has 2 rings (SSSR count). The first-order valence-electron chi connectivity index (χ1n) is 6.48. The number of carbonyl (C=O) groups excluding carboxylic acids is 1. The van der Waals surface area contributed by atoms with Crippen LogP contribution in [0.4, 0.5) is 0 Å². The topological polar surface area (TPSA) is 26.3 Å². The maximum Gasteiger partial charge on any atom is 0.338 e. The third-order valence-electron chi connectivity index (χ3n) is 3.28. The molecule has 0 bridgehead atoms. The van der Waals surface area contributed by atoms with Gasteiger partial charge in [-0.1, -0.05) is 54.1 Å². The Hall–Kier alpha value is -2.35. The van der Waals surface area contributed by atoms with Crippen LogP contribution in [0.3, 0.4) is 0 Å². The summed E-state index contributed by atoms with van der Waals surface area (Å²) in [4.78, 5) is 12.0. The maximum atomic E-state index is 12.0. The van der Waals surface area contributed by atoms with Crippen LogP contribution in [0.2, 0.25) is 0 Å². The first-order valence-corrected chi connectivity index (χ1v) is 6.48. The smallest absolute Gasteiger partial charge is 0.338 e. The molecule has 2 aromatic carbocycles. The number of methoxy groups -OCH3 is 1. The quantitative estimate of drug-likeness (QED) is 0.765. The van der Waals surface area contributed by atoms with E-state index in [1.165, 1.54) is 12.7 Å². The van der Waals surface area contributed by atoms with Crippen LogP contribution < -0.4 is 0 Å². The molecule has 0 N–H and O–H groups in total. The Morgan fingerprint density at radius 1 is 1.10 bits per heavy atom. The van der Waals surface area contributed by atoms with Crippen molar-refractivity contribution in [2.75, 3.05) is 7.11 Å². The van der Waals surface area contributed by atoms with E-state index in [0.29, 0.717) is 5.56 Å². The minimum absolute atomic E-state index is 0.330. The van der Waals surface area contributed by atoms with Gasteiger partial charge >= 0.3 is 5.97 Å². The molecule has 0 spiro atoms. The van der Waals surface area contributed by atoms with Gasteiger partial charge in [-0.2, -0.15) is 0 Å². The second kappa shape index (κ2) is 5.74. The lowest BCUT2D eigenvalue weighted by Crippen LogP contribution is -2.04. The highest BCUT2D eigenvalue weighted by Gasteiger charge is 2.14. The number of hydrogen-bond acceptors (Lipinski definition) is 2. The molecule has 0 aliphatic carbocycles. The summed E-state index contributed by atoms with van der Waals surface area (Å²) in [6.45, 7) is 7.87. The zero-order valence-corrected chi connectivity index (χ0v) is 12.1. The van der Waals surface area contributed by atoms with Crippen LogP contribution in [0, 0.1) is 6.92 Å². The van der Waals surface area contributed by atoms with Crippen LogP contribution in [-0.2, 0) is 4.74 Å². The Labute approximate surface area is 119 Å². The lowest BCUT2D eigenvalue weighted by molar-refractivity contribution is 0.0601. The fraction of sp³-hybridized carbons (Fsp3) is 0.167. The molecule has 0 aliphatic rings. The van der Waals surface area contributed by atoms with Gasteiger partial charge < -0.3 is 4.74 Å². The largest absolute Gasteiger partial charge is 0.465 e. The average molecular weight is 266 g/mol. The molecule has 0 aliphatic heterocycles. The number of allylic oxidation sites excluding steroid dienone is 1. The van der Waals surface area contributed by atoms with Crippen LogP contribution >= 0.6 is 0 Å². The molecule has 2 heteroatoms. The van der Waals surface area contributed by atoms with Gasteiger partial charge in [0.1, 0.15) is 0 Å². The molecular formula is C18H18O2. The number of ether oxygens (including phenoxy) is 1. The summed E-state index contributed by atoms with van der Waals surface area (Å²) in [6.07, 6.45) is 0. The van der Waals surface area contributed by atoms with Gasteiger partial charge in [0.05, 0.1) is 12.7 Å². The molecular weight excluding hydrogens is 248 g/mol. The van der Waals surface area contributed by atoms with E-state index >= 15 is 0 Å². The molecule has 0 atom stereocenters. The van der Waals surface area contributed by atoms with Crippen molar-refractivity contribution in [2.24, 2.45) is 0 Å². The lowest BCUT2D eigenvalue weighted by atomic mass is 9.95. The molecule has 0 saturated heterocycles. The third-order valence-corrected chi connectivity index (χ3v) is 3.28. The Morgan fingerprint density at radius 3 is 2.30 bits per heavy atom. The number of benzene rings is 2. The van der Waals surface area contributed by atoms with Crippen molar-refractivity contribution in [3.63, 3.8) is 0 Å². The maximum absolute atomic E-state index is 12.0. The zero-order valence-electron chi connectivity index (χ0n) is 12.1. The van der Waals surface area contributed by atoms with E-state index < -0.39 is 0 Å². The minimum atomic E-state index is -0.330. The van der Waals surface area contributed by atoms with E-state index in [9.17, 15) is 4.79 Å². The number of hydrogen-bond donors (Lipinski definition) is 0. The number of esters is 1.